The number of carbonyl (C=O) groups is 1. The van der Waals surface area contributed by atoms with Gasteiger partial charge in [-0.2, -0.15) is 13.2 Å². The molecule has 11 heteroatoms. The zero-order chi connectivity index (χ0) is 27.1. The number of fused-ring (bicyclic) bond motifs is 1. The Morgan fingerprint density at radius 1 is 1.13 bits per heavy atom. The molecule has 0 radical (unpaired) electrons. The highest BCUT2D eigenvalue weighted by molar-refractivity contribution is 5.99. The number of halogens is 3. The minimum absolute atomic E-state index is 0.0155. The summed E-state index contributed by atoms with van der Waals surface area (Å²) in [6.07, 6.45) is -3.85. The van der Waals surface area contributed by atoms with Crippen molar-refractivity contribution in [2.75, 3.05) is 5.32 Å². The van der Waals surface area contributed by atoms with Crippen LogP contribution in [0.2, 0.25) is 0 Å². The van der Waals surface area contributed by atoms with Crippen molar-refractivity contribution in [2.24, 2.45) is 11.8 Å². The molecule has 1 saturated carbocycles. The summed E-state index contributed by atoms with van der Waals surface area (Å²) in [5.41, 5.74) is -2.98. The molecular formula is C27H25F3N2O6. The first kappa shape index (κ1) is 25.8. The summed E-state index contributed by atoms with van der Waals surface area (Å²) >= 11 is 0. The van der Waals surface area contributed by atoms with Crippen LogP contribution in [0, 0.1) is 18.8 Å². The van der Waals surface area contributed by atoms with E-state index in [1.54, 1.807) is 6.92 Å². The third-order valence-corrected chi connectivity index (χ3v) is 7.07. The van der Waals surface area contributed by atoms with Gasteiger partial charge in [-0.3, -0.25) is 4.79 Å². The molecule has 2 N–H and O–H groups in total. The van der Waals surface area contributed by atoms with Gasteiger partial charge in [0.15, 0.2) is 0 Å². The summed E-state index contributed by atoms with van der Waals surface area (Å²) in [6, 6.07) is 13.5. The van der Waals surface area contributed by atoms with Gasteiger partial charge in [0.2, 0.25) is 11.9 Å². The normalized spacial score (nSPS) is 22.6. The molecule has 5 rings (SSSR count). The summed E-state index contributed by atoms with van der Waals surface area (Å²) in [6.45, 7) is 1.55. The first-order valence-electron chi connectivity index (χ1n) is 12.1. The molecule has 1 amide bonds. The van der Waals surface area contributed by atoms with Gasteiger partial charge in [0, 0.05) is 23.4 Å². The van der Waals surface area contributed by atoms with Crippen molar-refractivity contribution < 1.29 is 37.1 Å². The number of allylic oxidation sites excluding steroid dienone is 1. The lowest BCUT2D eigenvalue weighted by Crippen LogP contribution is -2.56. The molecular weight excluding hydrogens is 505 g/mol. The van der Waals surface area contributed by atoms with Gasteiger partial charge in [0.25, 0.3) is 5.91 Å². The molecule has 0 spiro atoms. The Kier molecular flexibility index (Phi) is 6.64. The summed E-state index contributed by atoms with van der Waals surface area (Å²) < 4.78 is 57.9. The first-order chi connectivity index (χ1) is 18.0. The fourth-order valence-corrected chi connectivity index (χ4v) is 4.87. The monoisotopic (exact) mass is 530 g/mol. The van der Waals surface area contributed by atoms with E-state index in [9.17, 15) is 27.9 Å². The van der Waals surface area contributed by atoms with E-state index in [1.165, 1.54) is 24.5 Å². The summed E-state index contributed by atoms with van der Waals surface area (Å²) in [7, 11) is 0. The molecule has 1 fully saturated rings. The molecule has 1 aliphatic heterocycles. The van der Waals surface area contributed by atoms with Crippen LogP contribution in [0.15, 0.2) is 69.9 Å². The quantitative estimate of drug-likeness (QED) is 0.459. The van der Waals surface area contributed by atoms with Crippen LogP contribution in [-0.2, 0) is 20.7 Å². The average Bonchev–Trinajstić information content (AvgIpc) is 3.31. The maximum atomic E-state index is 14.0. The number of nitrogens with zero attached hydrogens (tertiary/aromatic N) is 1. The van der Waals surface area contributed by atoms with E-state index in [-0.39, 0.29) is 17.0 Å². The number of aliphatic hydroxyl groups is 1. The lowest BCUT2D eigenvalue weighted by Gasteiger charge is -2.40. The molecule has 0 saturated heterocycles. The minimum atomic E-state index is -5.20. The van der Waals surface area contributed by atoms with Crippen LogP contribution in [0.4, 0.5) is 18.9 Å². The Labute approximate surface area is 215 Å². The van der Waals surface area contributed by atoms with E-state index in [0.29, 0.717) is 36.1 Å². The zero-order valence-corrected chi connectivity index (χ0v) is 20.3. The third kappa shape index (κ3) is 4.98. The van der Waals surface area contributed by atoms with E-state index in [0.717, 1.165) is 5.56 Å². The number of hydrogen-bond acceptors (Lipinski definition) is 7. The SMILES string of the molecule is Cc1noc(=O)c2ccc(NC(=O)C(O)(CC3CC(C4=COC(Cc5ccccc5)O4)C3)C(F)(F)F)cc12. The first-order valence-corrected chi connectivity index (χ1v) is 12.1. The highest BCUT2D eigenvalue weighted by Gasteiger charge is 2.61. The number of anilines is 1. The molecule has 8 nitrogen and oxygen atoms in total. The van der Waals surface area contributed by atoms with Crippen molar-refractivity contribution in [1.29, 1.82) is 0 Å². The van der Waals surface area contributed by atoms with Gasteiger partial charge in [-0.15, -0.1) is 0 Å². The van der Waals surface area contributed by atoms with Gasteiger partial charge in [-0.05, 0) is 55.9 Å². The summed E-state index contributed by atoms with van der Waals surface area (Å²) in [5.74, 6) is -1.73. The summed E-state index contributed by atoms with van der Waals surface area (Å²) in [4.78, 5) is 24.6. The maximum Gasteiger partial charge on any atom is 0.426 e. The van der Waals surface area contributed by atoms with Crippen molar-refractivity contribution in [2.45, 2.75) is 50.7 Å². The van der Waals surface area contributed by atoms with Gasteiger partial charge >= 0.3 is 11.8 Å². The second-order valence-electron chi connectivity index (χ2n) is 9.76. The number of alkyl halides is 3. The van der Waals surface area contributed by atoms with Crippen LogP contribution < -0.4 is 10.9 Å². The topological polar surface area (TPSA) is 111 Å². The Hall–Kier alpha value is -3.86. The minimum Gasteiger partial charge on any atom is -0.459 e. The zero-order valence-electron chi connectivity index (χ0n) is 20.3. The molecule has 2 heterocycles. The van der Waals surface area contributed by atoms with Crippen LogP contribution >= 0.6 is 0 Å². The molecule has 2 atom stereocenters. The predicted molar refractivity (Wildman–Crippen MR) is 130 cm³/mol. The molecule has 2 unspecified atom stereocenters. The Bertz CT molecular complexity index is 1430. The van der Waals surface area contributed by atoms with Gasteiger partial charge in [-0.1, -0.05) is 35.5 Å². The predicted octanol–water partition coefficient (Wildman–Crippen LogP) is 4.60. The van der Waals surface area contributed by atoms with Gasteiger partial charge < -0.3 is 24.4 Å². The second-order valence-corrected chi connectivity index (χ2v) is 9.76. The van der Waals surface area contributed by atoms with Gasteiger partial charge in [0.1, 0.15) is 12.0 Å². The maximum absolute atomic E-state index is 14.0. The Morgan fingerprint density at radius 3 is 2.58 bits per heavy atom. The van der Waals surface area contributed by atoms with Gasteiger partial charge in [0.05, 0.1) is 11.1 Å². The highest BCUT2D eigenvalue weighted by Crippen LogP contribution is 2.48. The van der Waals surface area contributed by atoms with E-state index in [2.05, 4.69) is 15.0 Å². The van der Waals surface area contributed by atoms with Crippen LogP contribution in [0.5, 0.6) is 0 Å². The van der Waals surface area contributed by atoms with E-state index < -0.39 is 41.9 Å². The molecule has 2 aromatic carbocycles. The summed E-state index contributed by atoms with van der Waals surface area (Å²) in [5, 5.41) is 16.8. The van der Waals surface area contributed by atoms with Crippen molar-refractivity contribution in [3.63, 3.8) is 0 Å². The molecule has 2 aliphatic rings. The fourth-order valence-electron chi connectivity index (χ4n) is 4.87. The molecule has 3 aromatic rings. The number of rotatable bonds is 7. The largest absolute Gasteiger partial charge is 0.459 e. The smallest absolute Gasteiger partial charge is 0.426 e. The lowest BCUT2D eigenvalue weighted by atomic mass is 9.69. The van der Waals surface area contributed by atoms with E-state index in [1.807, 2.05) is 30.3 Å². The lowest BCUT2D eigenvalue weighted by molar-refractivity contribution is -0.256. The molecule has 38 heavy (non-hydrogen) atoms. The number of ether oxygens (including phenoxy) is 2. The number of hydrogen-bond donors (Lipinski definition) is 2. The van der Waals surface area contributed by atoms with Crippen LogP contribution in [0.1, 0.15) is 30.5 Å². The average molecular weight is 530 g/mol. The van der Waals surface area contributed by atoms with Gasteiger partial charge in [-0.25, -0.2) is 4.79 Å². The molecule has 200 valence electrons. The van der Waals surface area contributed by atoms with Crippen LogP contribution in [0.25, 0.3) is 10.8 Å². The molecule has 1 aliphatic carbocycles. The van der Waals surface area contributed by atoms with Crippen molar-refractivity contribution in [1.82, 2.24) is 5.16 Å². The highest BCUT2D eigenvalue weighted by atomic mass is 19.4. The fraction of sp³-hybridized carbons (Fsp3) is 0.370. The molecule has 1 aromatic heterocycles. The van der Waals surface area contributed by atoms with E-state index >= 15 is 0 Å². The Balaban J connectivity index is 1.21. The number of aryl methyl sites for hydroxylation is 1. The van der Waals surface area contributed by atoms with Crippen molar-refractivity contribution >= 4 is 22.4 Å². The number of benzene rings is 2. The third-order valence-electron chi connectivity index (χ3n) is 7.07. The molecule has 0 bridgehead atoms. The number of amides is 1. The Morgan fingerprint density at radius 2 is 1.87 bits per heavy atom. The number of aromatic nitrogens is 1. The van der Waals surface area contributed by atoms with Crippen LogP contribution in [0.3, 0.4) is 0 Å². The standard InChI is InChI=1S/C27H25F3N2O6/c1-15-21-12-19(7-8-20(21)24(33)38-32-15)31-25(34)26(35,27(28,29)30)13-17-9-18(10-17)22-14-36-23(37-22)11-16-5-3-2-4-6-16/h2-8,12,14,17-18,23,35H,9-11,13H2,1H3,(H,31,34). The second kappa shape index (κ2) is 9.79. The van der Waals surface area contributed by atoms with Crippen molar-refractivity contribution in [3.05, 3.63) is 82.2 Å². The number of carbonyl (C=O) groups excluding carboxylic acids is 1. The number of nitrogens with one attached hydrogen (secondary N) is 1. The van der Waals surface area contributed by atoms with E-state index in [4.69, 9.17) is 9.47 Å². The van der Waals surface area contributed by atoms with Crippen LogP contribution in [-0.4, -0.2) is 34.2 Å². The van der Waals surface area contributed by atoms with Crippen molar-refractivity contribution in [3.8, 4) is 0 Å².